The zero-order valence-electron chi connectivity index (χ0n) is 14.7. The summed E-state index contributed by atoms with van der Waals surface area (Å²) in [7, 11) is 0. The summed E-state index contributed by atoms with van der Waals surface area (Å²) in [6.07, 6.45) is 5.84. The predicted octanol–water partition coefficient (Wildman–Crippen LogP) is 2.30. The van der Waals surface area contributed by atoms with Crippen LogP contribution in [0.4, 0.5) is 0 Å². The normalized spacial score (nSPS) is 23.5. The molecule has 1 amide bonds. The zero-order chi connectivity index (χ0) is 17.0. The molecule has 1 aromatic heterocycles. The molecule has 1 unspecified atom stereocenters. The largest absolute Gasteiger partial charge is 0.387 e. The van der Waals surface area contributed by atoms with Crippen LogP contribution in [0.15, 0.2) is 6.20 Å². The second-order valence-corrected chi connectivity index (χ2v) is 7.90. The minimum absolute atomic E-state index is 0.0509. The SMILES string of the molecule is CC(O)c1cn(CC(=O)NCC2CCC(C(C)(C)C)CC2)nn1. The summed E-state index contributed by atoms with van der Waals surface area (Å²) >= 11 is 0. The molecule has 23 heavy (non-hydrogen) atoms. The number of aliphatic hydroxyl groups is 1. The number of hydrogen-bond acceptors (Lipinski definition) is 4. The number of aromatic nitrogens is 3. The highest BCUT2D eigenvalue weighted by Crippen LogP contribution is 2.39. The molecule has 1 saturated carbocycles. The first-order valence-electron chi connectivity index (χ1n) is 8.60. The third kappa shape index (κ3) is 5.30. The van der Waals surface area contributed by atoms with E-state index in [4.69, 9.17) is 0 Å². The van der Waals surface area contributed by atoms with Gasteiger partial charge < -0.3 is 10.4 Å². The Morgan fingerprint density at radius 2 is 2.04 bits per heavy atom. The zero-order valence-corrected chi connectivity index (χ0v) is 14.7. The molecule has 1 aliphatic carbocycles. The van der Waals surface area contributed by atoms with Gasteiger partial charge in [-0.05, 0) is 49.9 Å². The number of rotatable bonds is 5. The molecule has 2 rings (SSSR count). The van der Waals surface area contributed by atoms with Crippen LogP contribution in [-0.4, -0.2) is 32.6 Å². The van der Waals surface area contributed by atoms with Crippen molar-refractivity contribution < 1.29 is 9.90 Å². The van der Waals surface area contributed by atoms with Gasteiger partial charge in [-0.3, -0.25) is 4.79 Å². The van der Waals surface area contributed by atoms with Crippen LogP contribution in [-0.2, 0) is 11.3 Å². The fourth-order valence-corrected chi connectivity index (χ4v) is 3.28. The monoisotopic (exact) mass is 322 g/mol. The Kier molecular flexibility index (Phi) is 5.79. The smallest absolute Gasteiger partial charge is 0.241 e. The summed E-state index contributed by atoms with van der Waals surface area (Å²) in [5.74, 6) is 1.33. The predicted molar refractivity (Wildman–Crippen MR) is 88.6 cm³/mol. The molecule has 0 spiro atoms. The molecular formula is C17H30N4O2. The average molecular weight is 322 g/mol. The van der Waals surface area contributed by atoms with Crippen molar-refractivity contribution in [3.05, 3.63) is 11.9 Å². The van der Waals surface area contributed by atoms with Crippen LogP contribution in [0.1, 0.15) is 65.2 Å². The molecule has 1 fully saturated rings. The highest BCUT2D eigenvalue weighted by Gasteiger charge is 2.29. The molecule has 130 valence electrons. The van der Waals surface area contributed by atoms with Crippen molar-refractivity contribution in [1.29, 1.82) is 0 Å². The van der Waals surface area contributed by atoms with Gasteiger partial charge >= 0.3 is 0 Å². The molecule has 1 heterocycles. The van der Waals surface area contributed by atoms with Gasteiger partial charge in [-0.25, -0.2) is 4.68 Å². The molecule has 0 bridgehead atoms. The van der Waals surface area contributed by atoms with Gasteiger partial charge in [-0.1, -0.05) is 26.0 Å². The summed E-state index contributed by atoms with van der Waals surface area (Å²) in [6.45, 7) is 9.48. The lowest BCUT2D eigenvalue weighted by Gasteiger charge is -2.37. The lowest BCUT2D eigenvalue weighted by Crippen LogP contribution is -2.35. The van der Waals surface area contributed by atoms with Crippen LogP contribution < -0.4 is 5.32 Å². The Hall–Kier alpha value is -1.43. The van der Waals surface area contributed by atoms with Crippen LogP contribution in [0.3, 0.4) is 0 Å². The maximum absolute atomic E-state index is 12.0. The lowest BCUT2D eigenvalue weighted by atomic mass is 9.70. The third-order valence-corrected chi connectivity index (χ3v) is 4.95. The fourth-order valence-electron chi connectivity index (χ4n) is 3.28. The summed E-state index contributed by atoms with van der Waals surface area (Å²) in [5, 5.41) is 20.1. The summed E-state index contributed by atoms with van der Waals surface area (Å²) < 4.78 is 1.47. The molecule has 0 radical (unpaired) electrons. The van der Waals surface area contributed by atoms with E-state index in [9.17, 15) is 9.90 Å². The molecule has 0 aliphatic heterocycles. The van der Waals surface area contributed by atoms with Gasteiger partial charge in [0.1, 0.15) is 12.2 Å². The molecule has 1 aliphatic rings. The van der Waals surface area contributed by atoms with E-state index >= 15 is 0 Å². The Balaban J connectivity index is 1.71. The Morgan fingerprint density at radius 3 is 2.57 bits per heavy atom. The number of carbonyl (C=O) groups is 1. The highest BCUT2D eigenvalue weighted by molar-refractivity contribution is 5.75. The van der Waals surface area contributed by atoms with Crippen molar-refractivity contribution in [2.24, 2.45) is 17.3 Å². The van der Waals surface area contributed by atoms with Gasteiger partial charge in [0.05, 0.1) is 12.3 Å². The van der Waals surface area contributed by atoms with Gasteiger partial charge in [0, 0.05) is 6.54 Å². The number of carbonyl (C=O) groups excluding carboxylic acids is 1. The molecule has 0 aromatic carbocycles. The van der Waals surface area contributed by atoms with Gasteiger partial charge in [-0.15, -0.1) is 5.10 Å². The van der Waals surface area contributed by atoms with E-state index in [0.717, 1.165) is 12.5 Å². The minimum Gasteiger partial charge on any atom is -0.387 e. The van der Waals surface area contributed by atoms with E-state index in [1.54, 1.807) is 13.1 Å². The van der Waals surface area contributed by atoms with E-state index in [-0.39, 0.29) is 12.5 Å². The van der Waals surface area contributed by atoms with Crippen molar-refractivity contribution in [3.63, 3.8) is 0 Å². The van der Waals surface area contributed by atoms with Gasteiger partial charge in [-0.2, -0.15) is 0 Å². The first kappa shape index (κ1) is 17.9. The average Bonchev–Trinajstić information content (AvgIpc) is 2.93. The second kappa shape index (κ2) is 7.43. The number of nitrogens with one attached hydrogen (secondary N) is 1. The first-order valence-corrected chi connectivity index (χ1v) is 8.60. The van der Waals surface area contributed by atoms with Crippen molar-refractivity contribution in [2.75, 3.05) is 6.54 Å². The van der Waals surface area contributed by atoms with Gasteiger partial charge in [0.2, 0.25) is 5.91 Å². The lowest BCUT2D eigenvalue weighted by molar-refractivity contribution is -0.122. The number of amides is 1. The topological polar surface area (TPSA) is 80.0 Å². The molecule has 2 N–H and O–H groups in total. The molecule has 1 atom stereocenters. The standard InChI is InChI=1S/C17H30N4O2/c1-12(22)15-10-21(20-19-15)11-16(23)18-9-13-5-7-14(8-6-13)17(2,3)4/h10,12-14,22H,5-9,11H2,1-4H3,(H,18,23). The maximum atomic E-state index is 12.0. The molecule has 0 saturated heterocycles. The summed E-state index contributed by atoms with van der Waals surface area (Å²) in [4.78, 5) is 12.0. The maximum Gasteiger partial charge on any atom is 0.241 e. The Bertz CT molecular complexity index is 511. The molecule has 6 heteroatoms. The van der Waals surface area contributed by atoms with E-state index in [1.807, 2.05) is 0 Å². The van der Waals surface area contributed by atoms with Crippen molar-refractivity contribution >= 4 is 5.91 Å². The minimum atomic E-state index is -0.662. The van der Waals surface area contributed by atoms with Crippen LogP contribution in [0.25, 0.3) is 0 Å². The van der Waals surface area contributed by atoms with Gasteiger partial charge in [0.25, 0.3) is 0 Å². The summed E-state index contributed by atoms with van der Waals surface area (Å²) in [6, 6.07) is 0. The third-order valence-electron chi connectivity index (χ3n) is 4.95. The van der Waals surface area contributed by atoms with Crippen LogP contribution in [0, 0.1) is 17.3 Å². The highest BCUT2D eigenvalue weighted by atomic mass is 16.3. The molecule has 1 aromatic rings. The fraction of sp³-hybridized carbons (Fsp3) is 0.824. The quantitative estimate of drug-likeness (QED) is 0.871. The van der Waals surface area contributed by atoms with Crippen LogP contribution in [0.2, 0.25) is 0 Å². The van der Waals surface area contributed by atoms with Crippen molar-refractivity contribution in [2.45, 2.75) is 66.0 Å². The van der Waals surface area contributed by atoms with E-state index in [2.05, 4.69) is 36.4 Å². The van der Waals surface area contributed by atoms with E-state index < -0.39 is 6.10 Å². The Labute approximate surface area is 138 Å². The van der Waals surface area contributed by atoms with Crippen LogP contribution >= 0.6 is 0 Å². The Morgan fingerprint density at radius 1 is 1.39 bits per heavy atom. The van der Waals surface area contributed by atoms with Crippen LogP contribution in [0.5, 0.6) is 0 Å². The molecule has 6 nitrogen and oxygen atoms in total. The summed E-state index contributed by atoms with van der Waals surface area (Å²) in [5.41, 5.74) is 0.876. The van der Waals surface area contributed by atoms with E-state index in [0.29, 0.717) is 17.0 Å². The number of aliphatic hydroxyl groups excluding tert-OH is 1. The number of hydrogen-bond donors (Lipinski definition) is 2. The van der Waals surface area contributed by atoms with Crippen molar-refractivity contribution in [3.8, 4) is 0 Å². The molecular weight excluding hydrogens is 292 g/mol. The van der Waals surface area contributed by atoms with Gasteiger partial charge in [0.15, 0.2) is 0 Å². The van der Waals surface area contributed by atoms with E-state index in [1.165, 1.54) is 30.4 Å². The van der Waals surface area contributed by atoms with Crippen molar-refractivity contribution in [1.82, 2.24) is 20.3 Å². The first-order chi connectivity index (χ1) is 10.8. The number of nitrogens with zero attached hydrogens (tertiary/aromatic N) is 3. The second-order valence-electron chi connectivity index (χ2n) is 7.90.